The lowest BCUT2D eigenvalue weighted by atomic mass is 10.1. The predicted molar refractivity (Wildman–Crippen MR) is 134 cm³/mol. The molecule has 1 unspecified atom stereocenters. The Labute approximate surface area is 195 Å². The van der Waals surface area contributed by atoms with E-state index >= 15 is 0 Å². The highest BCUT2D eigenvalue weighted by Gasteiger charge is 2.23. The molecule has 1 heterocycles. The van der Waals surface area contributed by atoms with E-state index in [-0.39, 0.29) is 6.10 Å². The molecular formula is C30H28N2O. The fourth-order valence-corrected chi connectivity index (χ4v) is 4.31. The summed E-state index contributed by atoms with van der Waals surface area (Å²) in [5.74, 6) is 0.930. The van der Waals surface area contributed by atoms with E-state index in [0.29, 0.717) is 6.61 Å². The van der Waals surface area contributed by atoms with E-state index in [1.54, 1.807) is 0 Å². The van der Waals surface area contributed by atoms with Gasteiger partial charge in [0.25, 0.3) is 0 Å². The Kier molecular flexibility index (Phi) is 6.05. The van der Waals surface area contributed by atoms with Crippen LogP contribution in [0.2, 0.25) is 0 Å². The first-order chi connectivity index (χ1) is 16.2. The van der Waals surface area contributed by atoms with Crippen LogP contribution >= 0.6 is 0 Å². The molecule has 1 atom stereocenters. The quantitative estimate of drug-likeness (QED) is 0.277. The van der Waals surface area contributed by atoms with Crippen LogP contribution in [-0.4, -0.2) is 9.55 Å². The summed E-state index contributed by atoms with van der Waals surface area (Å²) in [5.41, 5.74) is 8.20. The maximum atomic E-state index is 6.64. The highest BCUT2D eigenvalue weighted by atomic mass is 16.5. The van der Waals surface area contributed by atoms with E-state index in [2.05, 4.69) is 109 Å². The van der Waals surface area contributed by atoms with Crippen LogP contribution in [0, 0.1) is 13.8 Å². The molecular weight excluding hydrogens is 404 g/mol. The Morgan fingerprint density at radius 1 is 0.697 bits per heavy atom. The van der Waals surface area contributed by atoms with Gasteiger partial charge in [0, 0.05) is 6.54 Å². The molecule has 33 heavy (non-hydrogen) atoms. The summed E-state index contributed by atoms with van der Waals surface area (Å²) in [6.07, 6.45) is -0.276. The maximum absolute atomic E-state index is 6.64. The molecule has 0 amide bonds. The summed E-state index contributed by atoms with van der Waals surface area (Å²) in [6, 6.07) is 35.7. The van der Waals surface area contributed by atoms with E-state index < -0.39 is 0 Å². The summed E-state index contributed by atoms with van der Waals surface area (Å²) >= 11 is 0. The molecule has 0 saturated carbocycles. The Hall–Kier alpha value is -3.69. The number of para-hydroxylation sites is 2. The highest BCUT2D eigenvalue weighted by Crippen LogP contribution is 2.31. The second-order valence-electron chi connectivity index (χ2n) is 8.50. The molecule has 0 aliphatic rings. The second-order valence-corrected chi connectivity index (χ2v) is 8.50. The molecule has 0 N–H and O–H groups in total. The van der Waals surface area contributed by atoms with Crippen molar-refractivity contribution in [3.05, 3.63) is 137 Å². The van der Waals surface area contributed by atoms with Crippen molar-refractivity contribution in [1.29, 1.82) is 0 Å². The summed E-state index contributed by atoms with van der Waals surface area (Å²) in [6.45, 7) is 5.57. The third-order valence-electron chi connectivity index (χ3n) is 6.28. The van der Waals surface area contributed by atoms with E-state index in [1.807, 2.05) is 12.1 Å². The first-order valence-electron chi connectivity index (χ1n) is 11.4. The summed E-state index contributed by atoms with van der Waals surface area (Å²) < 4.78 is 8.95. The average molecular weight is 433 g/mol. The molecule has 0 spiro atoms. The molecule has 3 heteroatoms. The lowest BCUT2D eigenvalue weighted by Gasteiger charge is -2.21. The SMILES string of the molecule is Cc1ccccc1COC(c1ccccc1)c1nc2ccccc2n1Cc1ccccc1C. The van der Waals surface area contributed by atoms with Gasteiger partial charge in [-0.15, -0.1) is 0 Å². The Bertz CT molecular complexity index is 1370. The van der Waals surface area contributed by atoms with Crippen molar-refractivity contribution >= 4 is 11.0 Å². The number of nitrogens with zero attached hydrogens (tertiary/aromatic N) is 2. The van der Waals surface area contributed by atoms with Gasteiger partial charge in [-0.25, -0.2) is 4.98 Å². The highest BCUT2D eigenvalue weighted by molar-refractivity contribution is 5.76. The van der Waals surface area contributed by atoms with E-state index in [4.69, 9.17) is 9.72 Å². The molecule has 0 aliphatic carbocycles. The van der Waals surface area contributed by atoms with Crippen molar-refractivity contribution < 1.29 is 4.74 Å². The molecule has 0 radical (unpaired) electrons. The van der Waals surface area contributed by atoms with Crippen LogP contribution in [0.25, 0.3) is 11.0 Å². The van der Waals surface area contributed by atoms with E-state index in [9.17, 15) is 0 Å². The Morgan fingerprint density at radius 3 is 2.03 bits per heavy atom. The van der Waals surface area contributed by atoms with E-state index in [0.717, 1.165) is 29.0 Å². The Morgan fingerprint density at radius 2 is 1.30 bits per heavy atom. The zero-order valence-electron chi connectivity index (χ0n) is 19.1. The minimum absolute atomic E-state index is 0.276. The first kappa shape index (κ1) is 21.2. The fourth-order valence-electron chi connectivity index (χ4n) is 4.31. The van der Waals surface area contributed by atoms with Gasteiger partial charge in [0.2, 0.25) is 0 Å². The monoisotopic (exact) mass is 432 g/mol. The number of rotatable bonds is 7. The Balaban J connectivity index is 1.61. The number of fused-ring (bicyclic) bond motifs is 1. The van der Waals surface area contributed by atoms with Gasteiger partial charge in [0.05, 0.1) is 17.6 Å². The van der Waals surface area contributed by atoms with Gasteiger partial charge in [-0.05, 0) is 53.8 Å². The number of hydrogen-bond acceptors (Lipinski definition) is 2. The van der Waals surface area contributed by atoms with Gasteiger partial charge < -0.3 is 9.30 Å². The number of ether oxygens (including phenoxy) is 1. The normalized spacial score (nSPS) is 12.2. The van der Waals surface area contributed by atoms with Crippen molar-refractivity contribution in [1.82, 2.24) is 9.55 Å². The minimum Gasteiger partial charge on any atom is -0.361 e. The third-order valence-corrected chi connectivity index (χ3v) is 6.28. The van der Waals surface area contributed by atoms with Gasteiger partial charge >= 0.3 is 0 Å². The smallest absolute Gasteiger partial charge is 0.144 e. The number of benzene rings is 4. The maximum Gasteiger partial charge on any atom is 0.144 e. The third kappa shape index (κ3) is 4.46. The minimum atomic E-state index is -0.276. The van der Waals surface area contributed by atoms with Crippen molar-refractivity contribution in [3.8, 4) is 0 Å². The van der Waals surface area contributed by atoms with Crippen LogP contribution in [0.15, 0.2) is 103 Å². The topological polar surface area (TPSA) is 27.1 Å². The van der Waals surface area contributed by atoms with Crippen LogP contribution in [0.3, 0.4) is 0 Å². The van der Waals surface area contributed by atoms with Crippen LogP contribution in [0.1, 0.15) is 39.7 Å². The molecule has 5 rings (SSSR count). The zero-order chi connectivity index (χ0) is 22.6. The van der Waals surface area contributed by atoms with Gasteiger partial charge in [-0.2, -0.15) is 0 Å². The molecule has 3 nitrogen and oxygen atoms in total. The summed E-state index contributed by atoms with van der Waals surface area (Å²) in [4.78, 5) is 5.09. The van der Waals surface area contributed by atoms with Crippen molar-refractivity contribution in [2.24, 2.45) is 0 Å². The van der Waals surface area contributed by atoms with Gasteiger partial charge in [-0.1, -0.05) is 91.0 Å². The zero-order valence-corrected chi connectivity index (χ0v) is 19.1. The fraction of sp³-hybridized carbons (Fsp3) is 0.167. The van der Waals surface area contributed by atoms with Crippen molar-refractivity contribution in [2.75, 3.05) is 0 Å². The lowest BCUT2D eigenvalue weighted by Crippen LogP contribution is -2.15. The molecule has 1 aromatic heterocycles. The largest absolute Gasteiger partial charge is 0.361 e. The molecule has 0 fully saturated rings. The van der Waals surface area contributed by atoms with Gasteiger partial charge in [-0.3, -0.25) is 0 Å². The number of imidazole rings is 1. The second kappa shape index (κ2) is 9.43. The van der Waals surface area contributed by atoms with Crippen LogP contribution in [0.5, 0.6) is 0 Å². The van der Waals surface area contributed by atoms with Gasteiger partial charge in [0.1, 0.15) is 11.9 Å². The number of aryl methyl sites for hydroxylation is 2. The molecule has 4 aromatic carbocycles. The molecule has 0 saturated heterocycles. The van der Waals surface area contributed by atoms with Crippen molar-refractivity contribution in [3.63, 3.8) is 0 Å². The van der Waals surface area contributed by atoms with E-state index in [1.165, 1.54) is 22.3 Å². The number of aromatic nitrogens is 2. The van der Waals surface area contributed by atoms with Gasteiger partial charge in [0.15, 0.2) is 0 Å². The molecule has 0 aliphatic heterocycles. The predicted octanol–water partition coefficient (Wildman–Crippen LogP) is 7.01. The first-order valence-corrected chi connectivity index (χ1v) is 11.4. The molecule has 0 bridgehead atoms. The standard InChI is InChI=1S/C30H28N2O/c1-22-12-6-8-16-25(22)20-32-28-19-11-10-18-27(28)31-30(32)29(24-14-4-3-5-15-24)33-21-26-17-9-7-13-23(26)2/h3-19,29H,20-21H2,1-2H3. The molecule has 164 valence electrons. The van der Waals surface area contributed by atoms with Crippen molar-refractivity contribution in [2.45, 2.75) is 33.1 Å². The average Bonchev–Trinajstić information content (AvgIpc) is 3.20. The summed E-state index contributed by atoms with van der Waals surface area (Å²) in [5, 5.41) is 0. The van der Waals surface area contributed by atoms with Crippen LogP contribution < -0.4 is 0 Å². The van der Waals surface area contributed by atoms with Crippen LogP contribution in [-0.2, 0) is 17.9 Å². The molecule has 5 aromatic rings. The van der Waals surface area contributed by atoms with Crippen LogP contribution in [0.4, 0.5) is 0 Å². The number of hydrogen-bond donors (Lipinski definition) is 0. The lowest BCUT2D eigenvalue weighted by molar-refractivity contribution is 0.0590. The summed E-state index contributed by atoms with van der Waals surface area (Å²) in [7, 11) is 0.